The number of hydrogen-bond acceptors (Lipinski definition) is 3. The summed E-state index contributed by atoms with van der Waals surface area (Å²) in [6.45, 7) is -0.0167. The quantitative estimate of drug-likeness (QED) is 0.838. The average molecular weight is 226 g/mol. The SMILES string of the molecule is O=S(=O)(c1ccccc1CCO)C1CC1. The molecule has 2 rings (SSSR count). The van der Waals surface area contributed by atoms with Crippen LogP contribution in [-0.2, 0) is 16.3 Å². The third-order valence-corrected chi connectivity index (χ3v) is 4.98. The highest BCUT2D eigenvalue weighted by Gasteiger charge is 2.37. The molecule has 1 aliphatic rings. The first-order chi connectivity index (χ1) is 7.16. The van der Waals surface area contributed by atoms with Crippen molar-refractivity contribution in [2.75, 3.05) is 6.61 Å². The average Bonchev–Trinajstić information content (AvgIpc) is 3.02. The first-order valence-corrected chi connectivity index (χ1v) is 6.63. The summed E-state index contributed by atoms with van der Waals surface area (Å²) in [5.41, 5.74) is 0.729. The van der Waals surface area contributed by atoms with E-state index in [9.17, 15) is 8.42 Å². The number of benzene rings is 1. The molecule has 1 aromatic rings. The molecule has 0 unspecified atom stereocenters. The molecule has 3 nitrogen and oxygen atoms in total. The van der Waals surface area contributed by atoms with E-state index in [2.05, 4.69) is 0 Å². The van der Waals surface area contributed by atoms with Gasteiger partial charge in [0, 0.05) is 6.61 Å². The van der Waals surface area contributed by atoms with E-state index in [0.717, 1.165) is 18.4 Å². The molecule has 0 spiro atoms. The van der Waals surface area contributed by atoms with Crippen LogP contribution in [-0.4, -0.2) is 25.4 Å². The molecule has 4 heteroatoms. The van der Waals surface area contributed by atoms with Crippen LogP contribution in [0.2, 0.25) is 0 Å². The summed E-state index contributed by atoms with van der Waals surface area (Å²) in [7, 11) is -3.13. The maximum atomic E-state index is 12.0. The predicted octanol–water partition coefficient (Wildman–Crippen LogP) is 1.16. The Kier molecular flexibility index (Phi) is 2.80. The van der Waals surface area contributed by atoms with Gasteiger partial charge in [0.15, 0.2) is 9.84 Å². The maximum Gasteiger partial charge on any atom is 0.181 e. The lowest BCUT2D eigenvalue weighted by Gasteiger charge is -2.08. The lowest BCUT2D eigenvalue weighted by Crippen LogP contribution is -2.10. The van der Waals surface area contributed by atoms with Crippen molar-refractivity contribution >= 4 is 9.84 Å². The van der Waals surface area contributed by atoms with E-state index < -0.39 is 9.84 Å². The predicted molar refractivity (Wildman–Crippen MR) is 57.4 cm³/mol. The molecule has 1 N–H and O–H groups in total. The van der Waals surface area contributed by atoms with Gasteiger partial charge in [0.1, 0.15) is 0 Å². The second kappa shape index (κ2) is 3.94. The molecule has 0 bridgehead atoms. The number of aliphatic hydroxyl groups is 1. The van der Waals surface area contributed by atoms with Crippen LogP contribution in [0, 0.1) is 0 Å². The van der Waals surface area contributed by atoms with Gasteiger partial charge in [0.05, 0.1) is 10.1 Å². The third-order valence-electron chi connectivity index (χ3n) is 2.62. The van der Waals surface area contributed by atoms with Crippen LogP contribution in [0.4, 0.5) is 0 Å². The number of hydrogen-bond donors (Lipinski definition) is 1. The summed E-state index contributed by atoms with van der Waals surface area (Å²) >= 11 is 0. The van der Waals surface area contributed by atoms with Crippen molar-refractivity contribution in [3.63, 3.8) is 0 Å². The van der Waals surface area contributed by atoms with Gasteiger partial charge in [-0.1, -0.05) is 18.2 Å². The summed E-state index contributed by atoms with van der Waals surface area (Å²) < 4.78 is 24.0. The topological polar surface area (TPSA) is 54.4 Å². The minimum absolute atomic E-state index is 0.0167. The summed E-state index contributed by atoms with van der Waals surface area (Å²) in [6, 6.07) is 6.94. The highest BCUT2D eigenvalue weighted by Crippen LogP contribution is 2.34. The first-order valence-electron chi connectivity index (χ1n) is 5.09. The van der Waals surface area contributed by atoms with Crippen LogP contribution in [0.15, 0.2) is 29.2 Å². The van der Waals surface area contributed by atoms with E-state index >= 15 is 0 Å². The van der Waals surface area contributed by atoms with Gasteiger partial charge in [-0.25, -0.2) is 8.42 Å². The van der Waals surface area contributed by atoms with Crippen LogP contribution in [0.5, 0.6) is 0 Å². The van der Waals surface area contributed by atoms with Crippen LogP contribution in [0.3, 0.4) is 0 Å². The van der Waals surface area contributed by atoms with Gasteiger partial charge in [0.2, 0.25) is 0 Å². The highest BCUT2D eigenvalue weighted by atomic mass is 32.2. The zero-order valence-corrected chi connectivity index (χ0v) is 9.20. The molecule has 0 amide bonds. The van der Waals surface area contributed by atoms with E-state index in [-0.39, 0.29) is 11.9 Å². The van der Waals surface area contributed by atoms with Crippen molar-refractivity contribution in [3.8, 4) is 0 Å². The highest BCUT2D eigenvalue weighted by molar-refractivity contribution is 7.92. The Morgan fingerprint density at radius 2 is 1.93 bits per heavy atom. The Labute approximate surface area is 89.7 Å². The van der Waals surface area contributed by atoms with Gasteiger partial charge in [-0.2, -0.15) is 0 Å². The molecule has 1 aliphatic carbocycles. The molecule has 0 atom stereocenters. The second-order valence-corrected chi connectivity index (χ2v) is 6.02. The van der Waals surface area contributed by atoms with Crippen LogP contribution in [0.25, 0.3) is 0 Å². The summed E-state index contributed by atoms with van der Waals surface area (Å²) in [5.74, 6) is 0. The smallest absolute Gasteiger partial charge is 0.181 e. The van der Waals surface area contributed by atoms with Crippen LogP contribution in [0.1, 0.15) is 18.4 Å². The molecule has 1 saturated carbocycles. The summed E-state index contributed by atoms with van der Waals surface area (Å²) in [6.07, 6.45) is 1.95. The number of sulfone groups is 1. The fraction of sp³-hybridized carbons (Fsp3) is 0.455. The molecule has 0 radical (unpaired) electrons. The van der Waals surface area contributed by atoms with Crippen molar-refractivity contribution in [1.29, 1.82) is 0 Å². The van der Waals surface area contributed by atoms with E-state index in [0.29, 0.717) is 11.3 Å². The fourth-order valence-electron chi connectivity index (χ4n) is 1.67. The van der Waals surface area contributed by atoms with Crippen molar-refractivity contribution in [3.05, 3.63) is 29.8 Å². The molecule has 0 heterocycles. The van der Waals surface area contributed by atoms with Crippen LogP contribution >= 0.6 is 0 Å². The van der Waals surface area contributed by atoms with Gasteiger partial charge in [-0.05, 0) is 30.9 Å². The lowest BCUT2D eigenvalue weighted by molar-refractivity contribution is 0.298. The van der Waals surface area contributed by atoms with E-state index in [1.807, 2.05) is 0 Å². The Morgan fingerprint density at radius 1 is 1.27 bits per heavy atom. The van der Waals surface area contributed by atoms with Crippen molar-refractivity contribution in [2.24, 2.45) is 0 Å². The van der Waals surface area contributed by atoms with Crippen LogP contribution < -0.4 is 0 Å². The molecule has 15 heavy (non-hydrogen) atoms. The first kappa shape index (κ1) is 10.6. The number of rotatable bonds is 4. The van der Waals surface area contributed by atoms with Crippen molar-refractivity contribution in [1.82, 2.24) is 0 Å². The van der Waals surface area contributed by atoms with Gasteiger partial charge >= 0.3 is 0 Å². The van der Waals surface area contributed by atoms with E-state index in [1.165, 1.54) is 0 Å². The summed E-state index contributed by atoms with van der Waals surface area (Å²) in [5, 5.41) is 8.69. The standard InChI is InChI=1S/C11H14O3S/c12-8-7-9-3-1-2-4-11(9)15(13,14)10-5-6-10/h1-4,10,12H,5-8H2. The molecule has 1 aromatic carbocycles. The van der Waals surface area contributed by atoms with Crippen molar-refractivity contribution < 1.29 is 13.5 Å². The van der Waals surface area contributed by atoms with E-state index in [4.69, 9.17) is 5.11 Å². The van der Waals surface area contributed by atoms with Gasteiger partial charge < -0.3 is 5.11 Å². The normalized spacial score (nSPS) is 16.6. The minimum atomic E-state index is -3.13. The van der Waals surface area contributed by atoms with Crippen molar-refractivity contribution in [2.45, 2.75) is 29.4 Å². The molecular weight excluding hydrogens is 212 g/mol. The number of aliphatic hydroxyl groups excluding tert-OH is 1. The van der Waals surface area contributed by atoms with Gasteiger partial charge in [0.25, 0.3) is 0 Å². The van der Waals surface area contributed by atoms with Gasteiger partial charge in [-0.3, -0.25) is 0 Å². The Hall–Kier alpha value is -0.870. The largest absolute Gasteiger partial charge is 0.396 e. The molecule has 0 aliphatic heterocycles. The Balaban J connectivity index is 2.42. The monoisotopic (exact) mass is 226 g/mol. The second-order valence-electron chi connectivity index (χ2n) is 3.83. The fourth-order valence-corrected chi connectivity index (χ4v) is 3.59. The van der Waals surface area contributed by atoms with E-state index in [1.54, 1.807) is 24.3 Å². The zero-order valence-electron chi connectivity index (χ0n) is 8.39. The molecular formula is C11H14O3S. The Morgan fingerprint density at radius 3 is 2.53 bits per heavy atom. The minimum Gasteiger partial charge on any atom is -0.396 e. The summed E-state index contributed by atoms with van der Waals surface area (Å²) in [4.78, 5) is 0.404. The maximum absolute atomic E-state index is 12.0. The zero-order chi connectivity index (χ0) is 10.9. The molecule has 0 saturated heterocycles. The molecule has 82 valence electrons. The molecule has 0 aromatic heterocycles. The van der Waals surface area contributed by atoms with Gasteiger partial charge in [-0.15, -0.1) is 0 Å². The third kappa shape index (κ3) is 2.06. The Bertz CT molecular complexity index is 447. The molecule has 1 fully saturated rings. The lowest BCUT2D eigenvalue weighted by atomic mass is 10.2.